The first-order valence-corrected chi connectivity index (χ1v) is 8.18. The number of fused-ring (bicyclic) bond motifs is 1. The van der Waals surface area contributed by atoms with E-state index in [0.717, 1.165) is 29.3 Å². The van der Waals surface area contributed by atoms with Gasteiger partial charge in [0.05, 0.1) is 11.4 Å². The maximum atomic E-state index is 4.77. The van der Waals surface area contributed by atoms with Crippen molar-refractivity contribution in [3.8, 4) is 16.8 Å². The van der Waals surface area contributed by atoms with Crippen LogP contribution >= 0.6 is 0 Å². The third-order valence-electron chi connectivity index (χ3n) is 4.54. The van der Waals surface area contributed by atoms with Crippen LogP contribution in [0.2, 0.25) is 0 Å². The van der Waals surface area contributed by atoms with Crippen LogP contribution in [0.15, 0.2) is 42.7 Å². The van der Waals surface area contributed by atoms with Gasteiger partial charge in [-0.05, 0) is 43.5 Å². The van der Waals surface area contributed by atoms with Crippen molar-refractivity contribution in [2.24, 2.45) is 0 Å². The lowest BCUT2D eigenvalue weighted by atomic mass is 9.96. The molecule has 0 radical (unpaired) electrons. The van der Waals surface area contributed by atoms with Gasteiger partial charge in [0.1, 0.15) is 5.82 Å². The molecule has 0 bridgehead atoms. The normalized spacial score (nSPS) is 12.8. The minimum atomic E-state index is 0.815. The summed E-state index contributed by atoms with van der Waals surface area (Å²) >= 11 is 0. The van der Waals surface area contributed by atoms with Crippen molar-refractivity contribution in [3.63, 3.8) is 0 Å². The van der Waals surface area contributed by atoms with Crippen LogP contribution in [-0.2, 0) is 0 Å². The van der Waals surface area contributed by atoms with Gasteiger partial charge in [-0.15, -0.1) is 0 Å². The predicted molar refractivity (Wildman–Crippen MR) is 98.5 cm³/mol. The van der Waals surface area contributed by atoms with Crippen molar-refractivity contribution in [2.45, 2.75) is 20.8 Å². The molecule has 4 nitrogen and oxygen atoms in total. The Kier molecular flexibility index (Phi) is 3.45. The Hall–Kier alpha value is -2.88. The highest BCUT2D eigenvalue weighted by molar-refractivity contribution is 5.76. The number of nitrogens with zero attached hydrogens (tertiary/aromatic N) is 3. The highest BCUT2D eigenvalue weighted by Crippen LogP contribution is 2.32. The number of hydrogen-bond acceptors (Lipinski definition) is 3. The van der Waals surface area contributed by atoms with E-state index in [9.17, 15) is 0 Å². The molecule has 0 spiro atoms. The van der Waals surface area contributed by atoms with Gasteiger partial charge in [-0.2, -0.15) is 5.10 Å². The maximum absolute atomic E-state index is 4.77. The van der Waals surface area contributed by atoms with Gasteiger partial charge in [-0.1, -0.05) is 30.4 Å². The number of rotatable bonds is 2. The first-order valence-electron chi connectivity index (χ1n) is 8.18. The third kappa shape index (κ3) is 2.31. The summed E-state index contributed by atoms with van der Waals surface area (Å²) in [5.74, 6) is 0.914. The smallest absolute Gasteiger partial charge is 0.135 e. The molecule has 1 aromatic carbocycles. The Morgan fingerprint density at radius 1 is 1.08 bits per heavy atom. The van der Waals surface area contributed by atoms with Crippen LogP contribution in [-0.4, -0.2) is 21.3 Å². The molecular formula is C20H20N4. The first-order chi connectivity index (χ1) is 11.6. The zero-order valence-electron chi connectivity index (χ0n) is 14.2. The standard InChI is InChI=1S/C20H20N4/c1-13-6-4-7-14(2)19(13)17-12-24(23-15(17)3)18-9-11-22-20-16(18)8-5-10-21-20/h4-9,11-12H,10H2,1-3H3,(H,21,22). The van der Waals surface area contributed by atoms with Crippen LogP contribution in [0.1, 0.15) is 22.4 Å². The summed E-state index contributed by atoms with van der Waals surface area (Å²) in [7, 11) is 0. The van der Waals surface area contributed by atoms with Crippen LogP contribution in [0.25, 0.3) is 22.9 Å². The van der Waals surface area contributed by atoms with E-state index in [4.69, 9.17) is 5.10 Å². The molecule has 120 valence electrons. The van der Waals surface area contributed by atoms with E-state index < -0.39 is 0 Å². The summed E-state index contributed by atoms with van der Waals surface area (Å²) in [6.07, 6.45) is 8.18. The molecule has 1 aliphatic rings. The number of nitrogens with one attached hydrogen (secondary N) is 1. The van der Waals surface area contributed by atoms with Gasteiger partial charge >= 0.3 is 0 Å². The Bertz CT molecular complexity index is 930. The summed E-state index contributed by atoms with van der Waals surface area (Å²) in [6.45, 7) is 7.19. The Labute approximate surface area is 141 Å². The number of benzene rings is 1. The third-order valence-corrected chi connectivity index (χ3v) is 4.54. The van der Waals surface area contributed by atoms with E-state index in [-0.39, 0.29) is 0 Å². The summed E-state index contributed by atoms with van der Waals surface area (Å²) in [6, 6.07) is 8.42. The van der Waals surface area contributed by atoms with Crippen LogP contribution < -0.4 is 5.32 Å². The van der Waals surface area contributed by atoms with E-state index >= 15 is 0 Å². The lowest BCUT2D eigenvalue weighted by Crippen LogP contribution is -2.09. The van der Waals surface area contributed by atoms with Gasteiger partial charge < -0.3 is 5.32 Å². The average molecular weight is 316 g/mol. The molecule has 0 unspecified atom stereocenters. The van der Waals surface area contributed by atoms with E-state index in [2.05, 4.69) is 67.6 Å². The molecule has 0 fully saturated rings. The lowest BCUT2D eigenvalue weighted by molar-refractivity contribution is 0.857. The van der Waals surface area contributed by atoms with Gasteiger partial charge in [-0.25, -0.2) is 9.67 Å². The molecule has 1 aliphatic heterocycles. The van der Waals surface area contributed by atoms with Crippen LogP contribution in [0.4, 0.5) is 5.82 Å². The van der Waals surface area contributed by atoms with E-state index in [1.807, 2.05) is 16.9 Å². The highest BCUT2D eigenvalue weighted by atomic mass is 15.3. The van der Waals surface area contributed by atoms with Crippen LogP contribution in [0, 0.1) is 20.8 Å². The molecule has 2 aromatic heterocycles. The van der Waals surface area contributed by atoms with Crippen molar-refractivity contribution in [3.05, 3.63) is 65.1 Å². The SMILES string of the molecule is Cc1cccc(C)c1-c1cn(-c2ccnc3c2C=CCN3)nc1C. The van der Waals surface area contributed by atoms with Crippen molar-refractivity contribution in [2.75, 3.05) is 11.9 Å². The van der Waals surface area contributed by atoms with Crippen molar-refractivity contribution in [1.82, 2.24) is 14.8 Å². The largest absolute Gasteiger partial charge is 0.366 e. The number of hydrogen-bond donors (Lipinski definition) is 1. The Morgan fingerprint density at radius 3 is 2.67 bits per heavy atom. The summed E-state index contributed by atoms with van der Waals surface area (Å²) in [4.78, 5) is 4.42. The fourth-order valence-electron chi connectivity index (χ4n) is 3.37. The number of anilines is 1. The van der Waals surface area contributed by atoms with Gasteiger partial charge in [-0.3, -0.25) is 0 Å². The molecule has 4 rings (SSSR count). The second-order valence-corrected chi connectivity index (χ2v) is 6.22. The fraction of sp³-hybridized carbons (Fsp3) is 0.200. The average Bonchev–Trinajstić information content (AvgIpc) is 2.96. The van der Waals surface area contributed by atoms with Crippen molar-refractivity contribution < 1.29 is 0 Å². The molecule has 0 atom stereocenters. The Morgan fingerprint density at radius 2 is 1.88 bits per heavy atom. The van der Waals surface area contributed by atoms with Gasteiger partial charge in [0.15, 0.2) is 0 Å². The summed E-state index contributed by atoms with van der Waals surface area (Å²) in [5.41, 5.74) is 8.17. The quantitative estimate of drug-likeness (QED) is 0.766. The van der Waals surface area contributed by atoms with Gasteiger partial charge in [0, 0.05) is 30.1 Å². The minimum absolute atomic E-state index is 0.815. The second kappa shape index (κ2) is 5.64. The highest BCUT2D eigenvalue weighted by Gasteiger charge is 2.16. The number of pyridine rings is 1. The minimum Gasteiger partial charge on any atom is -0.366 e. The molecule has 4 heteroatoms. The van der Waals surface area contributed by atoms with E-state index in [1.54, 1.807) is 0 Å². The molecular weight excluding hydrogens is 296 g/mol. The fourth-order valence-corrected chi connectivity index (χ4v) is 3.37. The Balaban J connectivity index is 1.88. The molecule has 1 N–H and O–H groups in total. The number of aryl methyl sites for hydroxylation is 3. The second-order valence-electron chi connectivity index (χ2n) is 6.22. The van der Waals surface area contributed by atoms with Crippen LogP contribution in [0.3, 0.4) is 0 Å². The molecule has 0 amide bonds. The molecule has 3 heterocycles. The maximum Gasteiger partial charge on any atom is 0.135 e. The lowest BCUT2D eigenvalue weighted by Gasteiger charge is -2.15. The number of aromatic nitrogens is 3. The van der Waals surface area contributed by atoms with Gasteiger partial charge in [0.2, 0.25) is 0 Å². The molecule has 24 heavy (non-hydrogen) atoms. The zero-order valence-corrected chi connectivity index (χ0v) is 14.2. The van der Waals surface area contributed by atoms with Crippen molar-refractivity contribution in [1.29, 1.82) is 0 Å². The summed E-state index contributed by atoms with van der Waals surface area (Å²) in [5, 5.41) is 8.08. The van der Waals surface area contributed by atoms with E-state index in [0.29, 0.717) is 0 Å². The first kappa shape index (κ1) is 14.7. The van der Waals surface area contributed by atoms with Gasteiger partial charge in [0.25, 0.3) is 0 Å². The molecule has 0 saturated heterocycles. The molecule has 3 aromatic rings. The summed E-state index contributed by atoms with van der Waals surface area (Å²) < 4.78 is 1.97. The van der Waals surface area contributed by atoms with Crippen LogP contribution in [0.5, 0.6) is 0 Å². The van der Waals surface area contributed by atoms with E-state index in [1.165, 1.54) is 22.3 Å². The monoisotopic (exact) mass is 316 g/mol. The topological polar surface area (TPSA) is 42.7 Å². The molecule has 0 aliphatic carbocycles. The molecule has 0 saturated carbocycles. The zero-order chi connectivity index (χ0) is 16.7. The predicted octanol–water partition coefficient (Wildman–Crippen LogP) is 4.30. The van der Waals surface area contributed by atoms with Crippen molar-refractivity contribution >= 4 is 11.9 Å².